The smallest absolute Gasteiger partial charge is 0.191 e. The number of likely N-dealkylation sites (tertiary alicyclic amines) is 1. The van der Waals surface area contributed by atoms with Crippen LogP contribution in [0.4, 0.5) is 0 Å². The minimum absolute atomic E-state index is 0. The lowest BCUT2D eigenvalue weighted by molar-refractivity contribution is 0.209. The van der Waals surface area contributed by atoms with Crippen LogP contribution in [0.15, 0.2) is 29.3 Å². The predicted octanol–water partition coefficient (Wildman–Crippen LogP) is 2.89. The fraction of sp³-hybridized carbons (Fsp3) is 0.632. The van der Waals surface area contributed by atoms with Gasteiger partial charge in [0.15, 0.2) is 5.96 Å². The van der Waals surface area contributed by atoms with Gasteiger partial charge in [0, 0.05) is 20.1 Å². The van der Waals surface area contributed by atoms with E-state index in [1.807, 2.05) is 19.2 Å². The first-order valence-corrected chi connectivity index (χ1v) is 8.93. The summed E-state index contributed by atoms with van der Waals surface area (Å²) in [5.74, 6) is 2.46. The molecule has 2 unspecified atom stereocenters. The molecular formula is C19H33IN4O. The molecule has 1 fully saturated rings. The van der Waals surface area contributed by atoms with E-state index in [4.69, 9.17) is 4.74 Å². The molecule has 2 rings (SSSR count). The van der Waals surface area contributed by atoms with Crippen molar-refractivity contribution < 1.29 is 4.74 Å². The van der Waals surface area contributed by atoms with Crippen molar-refractivity contribution in [3.8, 4) is 5.75 Å². The summed E-state index contributed by atoms with van der Waals surface area (Å²) >= 11 is 0. The van der Waals surface area contributed by atoms with E-state index in [9.17, 15) is 0 Å². The van der Waals surface area contributed by atoms with Crippen molar-refractivity contribution in [2.45, 2.75) is 32.8 Å². The molecule has 1 aromatic rings. The zero-order valence-electron chi connectivity index (χ0n) is 15.9. The van der Waals surface area contributed by atoms with Crippen LogP contribution in [0.3, 0.4) is 0 Å². The van der Waals surface area contributed by atoms with Crippen LogP contribution in [0.1, 0.15) is 25.3 Å². The highest BCUT2D eigenvalue weighted by Gasteiger charge is 2.17. The highest BCUT2D eigenvalue weighted by Crippen LogP contribution is 2.14. The fourth-order valence-corrected chi connectivity index (χ4v) is 3.10. The number of ether oxygens (including phenoxy) is 1. The Morgan fingerprint density at radius 3 is 2.88 bits per heavy atom. The van der Waals surface area contributed by atoms with E-state index >= 15 is 0 Å². The molecule has 0 saturated carbocycles. The van der Waals surface area contributed by atoms with Crippen LogP contribution in [0.2, 0.25) is 0 Å². The monoisotopic (exact) mass is 460 g/mol. The summed E-state index contributed by atoms with van der Waals surface area (Å²) in [6, 6.07) is 8.15. The molecule has 0 spiro atoms. The Morgan fingerprint density at radius 1 is 1.40 bits per heavy atom. The molecule has 25 heavy (non-hydrogen) atoms. The number of guanidine groups is 1. The first-order valence-electron chi connectivity index (χ1n) is 8.93. The van der Waals surface area contributed by atoms with Crippen molar-refractivity contribution in [2.24, 2.45) is 10.9 Å². The minimum atomic E-state index is 0. The molecule has 0 aromatic heterocycles. The summed E-state index contributed by atoms with van der Waals surface area (Å²) in [5, 5.41) is 6.80. The third-order valence-corrected chi connectivity index (χ3v) is 4.39. The van der Waals surface area contributed by atoms with Gasteiger partial charge in [0.05, 0.1) is 6.54 Å². The Balaban J connectivity index is 0.00000312. The van der Waals surface area contributed by atoms with E-state index in [2.05, 4.69) is 53.6 Å². The van der Waals surface area contributed by atoms with Crippen LogP contribution < -0.4 is 15.4 Å². The molecule has 0 radical (unpaired) electrons. The second-order valence-corrected chi connectivity index (χ2v) is 6.85. The molecule has 2 N–H and O–H groups in total. The van der Waals surface area contributed by atoms with Gasteiger partial charge in [-0.3, -0.25) is 4.99 Å². The van der Waals surface area contributed by atoms with E-state index < -0.39 is 0 Å². The van der Waals surface area contributed by atoms with Crippen LogP contribution in [-0.2, 0) is 0 Å². The number of piperidine rings is 1. The number of nitrogens with one attached hydrogen (secondary N) is 2. The second kappa shape index (κ2) is 11.6. The molecule has 0 amide bonds. The van der Waals surface area contributed by atoms with E-state index in [0.29, 0.717) is 5.92 Å². The van der Waals surface area contributed by atoms with Gasteiger partial charge in [-0.2, -0.15) is 0 Å². The zero-order valence-corrected chi connectivity index (χ0v) is 18.2. The van der Waals surface area contributed by atoms with Crippen LogP contribution >= 0.6 is 24.0 Å². The van der Waals surface area contributed by atoms with E-state index in [-0.39, 0.29) is 30.1 Å². The van der Waals surface area contributed by atoms with Gasteiger partial charge in [0.25, 0.3) is 0 Å². The van der Waals surface area contributed by atoms with Crippen LogP contribution in [-0.4, -0.2) is 57.2 Å². The number of aryl methyl sites for hydroxylation is 1. The standard InChI is InChI=1S/C19H32N4O.HI/c1-15-7-5-9-18(11-15)24-16(2)12-21-19(20-3)22-13-17-8-6-10-23(4)14-17;/h5,7,9,11,16-17H,6,8,10,12-14H2,1-4H3,(H2,20,21,22);1H. The molecule has 1 saturated heterocycles. The summed E-state index contributed by atoms with van der Waals surface area (Å²) in [6.07, 6.45) is 2.66. The van der Waals surface area contributed by atoms with Crippen LogP contribution in [0.25, 0.3) is 0 Å². The summed E-state index contributed by atoms with van der Waals surface area (Å²) in [7, 11) is 4.01. The molecule has 2 atom stereocenters. The summed E-state index contributed by atoms with van der Waals surface area (Å²) in [5.41, 5.74) is 1.21. The Hall–Kier alpha value is -1.02. The number of nitrogens with zero attached hydrogens (tertiary/aromatic N) is 2. The van der Waals surface area contributed by atoms with Crippen molar-refractivity contribution in [2.75, 3.05) is 40.3 Å². The number of hydrogen-bond donors (Lipinski definition) is 2. The highest BCUT2D eigenvalue weighted by atomic mass is 127. The molecule has 1 aliphatic heterocycles. The highest BCUT2D eigenvalue weighted by molar-refractivity contribution is 14.0. The third-order valence-electron chi connectivity index (χ3n) is 4.39. The summed E-state index contributed by atoms with van der Waals surface area (Å²) in [6.45, 7) is 8.21. The first kappa shape index (κ1) is 22.0. The van der Waals surface area contributed by atoms with Gasteiger partial charge < -0.3 is 20.3 Å². The summed E-state index contributed by atoms with van der Waals surface area (Å²) < 4.78 is 5.95. The number of aliphatic imine (C=N–C) groups is 1. The van der Waals surface area contributed by atoms with Crippen molar-refractivity contribution in [1.29, 1.82) is 0 Å². The molecule has 1 heterocycles. The average Bonchev–Trinajstić information content (AvgIpc) is 2.55. The number of rotatable bonds is 6. The third kappa shape index (κ3) is 8.27. The summed E-state index contributed by atoms with van der Waals surface area (Å²) in [4.78, 5) is 6.72. The second-order valence-electron chi connectivity index (χ2n) is 6.85. The van der Waals surface area contributed by atoms with Crippen molar-refractivity contribution in [3.63, 3.8) is 0 Å². The van der Waals surface area contributed by atoms with Gasteiger partial charge in [-0.05, 0) is 63.9 Å². The fourth-order valence-electron chi connectivity index (χ4n) is 3.10. The van der Waals surface area contributed by atoms with Gasteiger partial charge in [0.1, 0.15) is 11.9 Å². The Morgan fingerprint density at radius 2 is 2.20 bits per heavy atom. The van der Waals surface area contributed by atoms with E-state index in [0.717, 1.165) is 31.3 Å². The van der Waals surface area contributed by atoms with Crippen molar-refractivity contribution >= 4 is 29.9 Å². The van der Waals surface area contributed by atoms with Gasteiger partial charge in [-0.25, -0.2) is 0 Å². The van der Waals surface area contributed by atoms with E-state index in [1.165, 1.54) is 24.9 Å². The molecule has 0 aliphatic carbocycles. The molecule has 1 aliphatic rings. The Bertz CT molecular complexity index is 538. The van der Waals surface area contributed by atoms with Gasteiger partial charge in [0.2, 0.25) is 0 Å². The number of halogens is 1. The average molecular weight is 460 g/mol. The minimum Gasteiger partial charge on any atom is -0.489 e. The predicted molar refractivity (Wildman–Crippen MR) is 116 cm³/mol. The first-order chi connectivity index (χ1) is 11.6. The lowest BCUT2D eigenvalue weighted by Crippen LogP contribution is -2.45. The molecule has 142 valence electrons. The van der Waals surface area contributed by atoms with Gasteiger partial charge >= 0.3 is 0 Å². The number of benzene rings is 1. The lowest BCUT2D eigenvalue weighted by atomic mass is 9.99. The van der Waals surface area contributed by atoms with Gasteiger partial charge in [-0.1, -0.05) is 12.1 Å². The number of hydrogen-bond acceptors (Lipinski definition) is 3. The zero-order chi connectivity index (χ0) is 17.4. The quantitative estimate of drug-likeness (QED) is 0.390. The Kier molecular flexibility index (Phi) is 10.2. The maximum absolute atomic E-state index is 5.95. The lowest BCUT2D eigenvalue weighted by Gasteiger charge is -2.30. The normalized spacial score (nSPS) is 19.7. The van der Waals surface area contributed by atoms with Crippen molar-refractivity contribution in [1.82, 2.24) is 15.5 Å². The Labute approximate surface area is 169 Å². The van der Waals surface area contributed by atoms with E-state index in [1.54, 1.807) is 0 Å². The molecule has 1 aromatic carbocycles. The molecule has 5 nitrogen and oxygen atoms in total. The van der Waals surface area contributed by atoms with Crippen molar-refractivity contribution in [3.05, 3.63) is 29.8 Å². The van der Waals surface area contributed by atoms with Crippen LogP contribution in [0.5, 0.6) is 5.75 Å². The van der Waals surface area contributed by atoms with Crippen LogP contribution in [0, 0.1) is 12.8 Å². The molecule has 6 heteroatoms. The van der Waals surface area contributed by atoms with Gasteiger partial charge in [-0.15, -0.1) is 24.0 Å². The largest absolute Gasteiger partial charge is 0.489 e. The molecule has 0 bridgehead atoms. The maximum Gasteiger partial charge on any atom is 0.191 e. The SMILES string of the molecule is CN=C(NCC1CCCN(C)C1)NCC(C)Oc1cccc(C)c1.I. The maximum atomic E-state index is 5.95. The molecular weight excluding hydrogens is 427 g/mol. The topological polar surface area (TPSA) is 48.9 Å².